The molecule has 2 aliphatic heterocycles. The highest BCUT2D eigenvalue weighted by Crippen LogP contribution is 2.39. The van der Waals surface area contributed by atoms with Crippen LogP contribution >= 0.6 is 0 Å². The van der Waals surface area contributed by atoms with E-state index in [1.807, 2.05) is 0 Å². The molecule has 4 aromatic heterocycles. The van der Waals surface area contributed by atoms with Gasteiger partial charge in [-0.05, 0) is 142 Å². The Kier molecular flexibility index (Phi) is 10.1. The number of H-pyrrole nitrogens is 4. The van der Waals surface area contributed by atoms with Crippen LogP contribution in [-0.2, 0) is 25.7 Å². The number of aromatic nitrogens is 5. The number of hydrogen-bond donors (Lipinski definition) is 5. The lowest BCUT2D eigenvalue weighted by Gasteiger charge is -2.01. The molecule has 0 aliphatic carbocycles. The first-order chi connectivity index (χ1) is 23.7. The fourth-order valence-electron chi connectivity index (χ4n) is 8.18. The molecule has 7 nitrogen and oxygen atoms in total. The third-order valence-electron chi connectivity index (χ3n) is 10.9. The van der Waals surface area contributed by atoms with Crippen molar-refractivity contribution in [3.8, 4) is 0 Å². The molecule has 0 radical (unpaired) electrons. The zero-order chi connectivity index (χ0) is 35.0. The summed E-state index contributed by atoms with van der Waals surface area (Å²) in [4.78, 5) is 20.6. The summed E-state index contributed by atoms with van der Waals surface area (Å²) in [5.41, 5.74) is 23.4. The summed E-state index contributed by atoms with van der Waals surface area (Å²) >= 11 is 0. The van der Waals surface area contributed by atoms with E-state index in [1.165, 1.54) is 55.7 Å². The summed E-state index contributed by atoms with van der Waals surface area (Å²) in [6.45, 7) is 18.0. The lowest BCUT2D eigenvalue weighted by atomic mass is 9.99. The molecule has 0 spiro atoms. The largest absolute Gasteiger partial charge is 0.396 e. The molecule has 6 rings (SSSR count). The number of rotatable bonds is 10. The summed E-state index contributed by atoms with van der Waals surface area (Å²) < 4.78 is 0. The molecule has 0 fully saturated rings. The van der Waals surface area contributed by atoms with Crippen LogP contribution in [0.5, 0.6) is 0 Å². The second kappa shape index (κ2) is 14.3. The second-order valence-corrected chi connectivity index (χ2v) is 13.6. The molecule has 0 atom stereocenters. The van der Waals surface area contributed by atoms with Crippen LogP contribution in [0.3, 0.4) is 0 Å². The summed E-state index contributed by atoms with van der Waals surface area (Å²) in [5, 5.41) is 19.6. The Balaban J connectivity index is 1.83. The second-order valence-electron chi connectivity index (χ2n) is 13.6. The molecule has 4 aromatic rings. The van der Waals surface area contributed by atoms with Crippen LogP contribution < -0.4 is 4.98 Å². The average molecular weight is 661 g/mol. The average Bonchev–Trinajstić information content (AvgIpc) is 3.84. The van der Waals surface area contributed by atoms with Gasteiger partial charge in [0.15, 0.2) is 0 Å². The van der Waals surface area contributed by atoms with Gasteiger partial charge in [0.05, 0.1) is 5.69 Å². The topological polar surface area (TPSA) is 115 Å². The van der Waals surface area contributed by atoms with Gasteiger partial charge in [0.25, 0.3) is 0 Å². The van der Waals surface area contributed by atoms with E-state index in [9.17, 15) is 10.2 Å². The van der Waals surface area contributed by atoms with Gasteiger partial charge in [-0.2, -0.15) is 0 Å². The summed E-state index contributed by atoms with van der Waals surface area (Å²) in [6, 6.07) is 9.06. The van der Waals surface area contributed by atoms with Crippen LogP contribution in [0, 0.1) is 13.8 Å². The van der Waals surface area contributed by atoms with E-state index in [1.54, 1.807) is 0 Å². The van der Waals surface area contributed by atoms with Crippen molar-refractivity contribution in [2.45, 2.75) is 107 Å². The van der Waals surface area contributed by atoms with E-state index in [2.05, 4.69) is 99.6 Å². The van der Waals surface area contributed by atoms with Gasteiger partial charge in [-0.1, -0.05) is 27.7 Å². The van der Waals surface area contributed by atoms with Crippen LogP contribution in [0.15, 0.2) is 24.3 Å². The predicted octanol–water partition coefficient (Wildman–Crippen LogP) is 9.05. The minimum Gasteiger partial charge on any atom is -0.396 e. The Morgan fingerprint density at radius 2 is 1.06 bits per heavy atom. The van der Waals surface area contributed by atoms with Crippen molar-refractivity contribution in [1.29, 1.82) is 0 Å². The molecule has 0 saturated heterocycles. The zero-order valence-electron chi connectivity index (χ0n) is 30.7. The molecule has 0 aromatic carbocycles. The molecular weight excluding hydrogens is 606 g/mol. The molecule has 10 bridgehead atoms. The van der Waals surface area contributed by atoms with Gasteiger partial charge in [-0.25, -0.2) is 9.97 Å². The Morgan fingerprint density at radius 1 is 0.571 bits per heavy atom. The number of nitrogens with one attached hydrogen (secondary N) is 4. The molecule has 49 heavy (non-hydrogen) atoms. The van der Waals surface area contributed by atoms with Crippen LogP contribution in [0.4, 0.5) is 0 Å². The van der Waals surface area contributed by atoms with Crippen molar-refractivity contribution < 1.29 is 15.2 Å². The van der Waals surface area contributed by atoms with Crippen molar-refractivity contribution in [2.24, 2.45) is 0 Å². The van der Waals surface area contributed by atoms with Crippen molar-refractivity contribution in [3.05, 3.63) is 80.4 Å². The molecular formula is C42H54N5O2+. The van der Waals surface area contributed by atoms with Gasteiger partial charge in [0, 0.05) is 63.5 Å². The Bertz CT molecular complexity index is 2030. The fourth-order valence-corrected chi connectivity index (χ4v) is 8.18. The minimum absolute atomic E-state index is 0.155. The molecule has 0 unspecified atom stereocenters. The highest BCUT2D eigenvalue weighted by molar-refractivity contribution is 5.98. The van der Waals surface area contributed by atoms with Crippen molar-refractivity contribution in [3.63, 3.8) is 0 Å². The van der Waals surface area contributed by atoms with Crippen LogP contribution in [0.1, 0.15) is 123 Å². The normalized spacial score (nSPS) is 13.3. The van der Waals surface area contributed by atoms with E-state index < -0.39 is 0 Å². The van der Waals surface area contributed by atoms with Gasteiger partial charge in [-0.15, -0.1) is 0 Å². The maximum Gasteiger partial charge on any atom is 0.233 e. The van der Waals surface area contributed by atoms with Gasteiger partial charge in [-0.3, -0.25) is 0 Å². The molecule has 0 saturated carbocycles. The molecule has 258 valence electrons. The number of fused-ring (bicyclic) bond motifs is 11. The number of aliphatic hydroxyl groups excluding tert-OH is 2. The first-order valence-electron chi connectivity index (χ1n) is 18.3. The molecule has 0 amide bonds. The maximum atomic E-state index is 9.82. The Hall–Kier alpha value is -4.20. The van der Waals surface area contributed by atoms with Gasteiger partial charge in [0.2, 0.25) is 11.4 Å². The summed E-state index contributed by atoms with van der Waals surface area (Å²) in [6.07, 6.45) is 6.63. The van der Waals surface area contributed by atoms with Crippen molar-refractivity contribution in [1.82, 2.24) is 19.9 Å². The van der Waals surface area contributed by atoms with E-state index in [0.29, 0.717) is 12.8 Å². The first kappa shape index (κ1) is 34.7. The van der Waals surface area contributed by atoms with Crippen molar-refractivity contribution >= 4 is 55.4 Å². The smallest absolute Gasteiger partial charge is 0.233 e. The number of aliphatic hydroxyl groups is 2. The monoisotopic (exact) mass is 660 g/mol. The standard InChI is InChI=1S/C42H53N5O2/c1-9-27-25(7)41-42-26(8)28(10-2)36(47-42)20-34-24(6)32(16-14-18-49)40(44-34)22-38-30(12-4)29(11-3)37(45-38)21-39-31(15-13-17-48)23(5)33(43-39)19-35(27)46-41/h19-22,43-45,48-49H,9-18H2,1-8H3/p+1. The Labute approximate surface area is 290 Å². The minimum atomic E-state index is 0.155. The van der Waals surface area contributed by atoms with E-state index in [4.69, 9.17) is 4.98 Å². The zero-order valence-corrected chi connectivity index (χ0v) is 30.7. The Morgan fingerprint density at radius 3 is 1.55 bits per heavy atom. The number of nitrogens with zero attached hydrogens (tertiary/aromatic N) is 1. The van der Waals surface area contributed by atoms with E-state index in [-0.39, 0.29) is 13.2 Å². The summed E-state index contributed by atoms with van der Waals surface area (Å²) in [7, 11) is 0. The highest BCUT2D eigenvalue weighted by Gasteiger charge is 2.30. The van der Waals surface area contributed by atoms with Gasteiger partial charge in [0.1, 0.15) is 5.69 Å². The number of aryl methyl sites for hydroxylation is 6. The molecule has 7 heteroatoms. The van der Waals surface area contributed by atoms with Gasteiger partial charge < -0.3 is 25.2 Å². The maximum absolute atomic E-state index is 9.82. The third kappa shape index (κ3) is 6.12. The SMILES string of the molecule is CCC1=C(C)c2nc1cc1[nH]c(cc3[nH]c(cc4[nH]c(cc5[nH+]c2C(C)=C5CC)c(C)c4CCCO)c(CC)c3CC)c(CCCO)c1C. The fraction of sp³-hybridized carbons (Fsp3) is 0.429. The predicted molar refractivity (Wildman–Crippen MR) is 205 cm³/mol. The van der Waals surface area contributed by atoms with Crippen molar-refractivity contribution in [2.75, 3.05) is 13.2 Å². The molecule has 6 N–H and O–H groups in total. The lowest BCUT2D eigenvalue weighted by Crippen LogP contribution is -2.09. The van der Waals surface area contributed by atoms with E-state index in [0.717, 1.165) is 94.4 Å². The lowest BCUT2D eigenvalue weighted by molar-refractivity contribution is -0.381. The van der Waals surface area contributed by atoms with E-state index >= 15 is 0 Å². The molecule has 2 aliphatic rings. The molecule has 6 heterocycles. The number of hydrogen-bond acceptors (Lipinski definition) is 3. The number of allylic oxidation sites excluding steroid dienone is 4. The summed E-state index contributed by atoms with van der Waals surface area (Å²) in [5.74, 6) is 0. The van der Waals surface area contributed by atoms with Crippen LogP contribution in [0.25, 0.3) is 55.4 Å². The van der Waals surface area contributed by atoms with Crippen LogP contribution in [-0.4, -0.2) is 43.4 Å². The third-order valence-corrected chi connectivity index (χ3v) is 10.9. The first-order valence-corrected chi connectivity index (χ1v) is 18.3. The quantitative estimate of drug-likeness (QED) is 0.117. The number of aromatic amines is 4. The highest BCUT2D eigenvalue weighted by atomic mass is 16.3. The van der Waals surface area contributed by atoms with Gasteiger partial charge >= 0.3 is 0 Å². The van der Waals surface area contributed by atoms with Crippen LogP contribution in [0.2, 0.25) is 0 Å².